The second-order valence-corrected chi connectivity index (χ2v) is 4.04. The summed E-state index contributed by atoms with van der Waals surface area (Å²) in [7, 11) is 1.46. The molecule has 0 bridgehead atoms. The van der Waals surface area contributed by atoms with Gasteiger partial charge in [0.25, 0.3) is 5.91 Å². The molecule has 5 nitrogen and oxygen atoms in total. The number of nitrogens with zero attached hydrogens (tertiary/aromatic N) is 1. The van der Waals surface area contributed by atoms with Crippen molar-refractivity contribution in [2.45, 2.75) is 6.92 Å². The Hall–Kier alpha value is -1.75. The number of rotatable bonds is 4. The van der Waals surface area contributed by atoms with E-state index in [0.29, 0.717) is 0 Å². The van der Waals surface area contributed by atoms with Gasteiger partial charge in [-0.25, -0.2) is 0 Å². The van der Waals surface area contributed by atoms with Crippen molar-refractivity contribution in [2.75, 3.05) is 20.2 Å². The lowest BCUT2D eigenvalue weighted by Gasteiger charge is -2.16. The van der Waals surface area contributed by atoms with Crippen LogP contribution >= 0.6 is 11.6 Å². The zero-order valence-corrected chi connectivity index (χ0v) is 10.9. The van der Waals surface area contributed by atoms with E-state index in [1.54, 1.807) is 6.92 Å². The van der Waals surface area contributed by atoms with Crippen molar-refractivity contribution < 1.29 is 19.4 Å². The molecule has 0 saturated heterocycles. The van der Waals surface area contributed by atoms with E-state index in [9.17, 15) is 14.7 Å². The van der Waals surface area contributed by atoms with Gasteiger partial charge < -0.3 is 14.7 Å². The molecule has 0 radical (unpaired) electrons. The van der Waals surface area contributed by atoms with Crippen LogP contribution in [0.3, 0.4) is 0 Å². The van der Waals surface area contributed by atoms with Gasteiger partial charge in [-0.15, -0.1) is 0 Å². The van der Waals surface area contributed by atoms with Crippen LogP contribution in [0.5, 0.6) is 5.75 Å². The first-order valence-corrected chi connectivity index (χ1v) is 5.73. The lowest BCUT2D eigenvalue weighted by molar-refractivity contribution is -0.143. The fourth-order valence-electron chi connectivity index (χ4n) is 1.35. The third-order valence-electron chi connectivity index (χ3n) is 2.20. The number of amides is 1. The van der Waals surface area contributed by atoms with Crippen molar-refractivity contribution in [1.29, 1.82) is 0 Å². The second-order valence-electron chi connectivity index (χ2n) is 3.63. The van der Waals surface area contributed by atoms with Crippen LogP contribution in [0.1, 0.15) is 17.3 Å². The molecule has 1 amide bonds. The van der Waals surface area contributed by atoms with Crippen LogP contribution in [-0.2, 0) is 9.53 Å². The van der Waals surface area contributed by atoms with Gasteiger partial charge in [0, 0.05) is 7.05 Å². The number of benzene rings is 1. The van der Waals surface area contributed by atoms with E-state index in [1.165, 1.54) is 30.1 Å². The van der Waals surface area contributed by atoms with Crippen LogP contribution in [-0.4, -0.2) is 42.1 Å². The highest BCUT2D eigenvalue weighted by Crippen LogP contribution is 2.22. The standard InChI is InChI=1S/C12H14ClNO4/c1-3-18-11(16)7-14(2)12(17)9-6-8(15)4-5-10(9)13/h4-6,15H,3,7H2,1-2H3. The van der Waals surface area contributed by atoms with Gasteiger partial charge in [-0.3, -0.25) is 9.59 Å². The number of aromatic hydroxyl groups is 1. The Balaban J connectivity index is 2.80. The lowest BCUT2D eigenvalue weighted by atomic mass is 10.2. The number of ether oxygens (including phenoxy) is 1. The molecule has 0 atom stereocenters. The van der Waals surface area contributed by atoms with Crippen LogP contribution in [0, 0.1) is 0 Å². The summed E-state index contributed by atoms with van der Waals surface area (Å²) >= 11 is 5.86. The molecule has 0 unspecified atom stereocenters. The fourth-order valence-corrected chi connectivity index (χ4v) is 1.55. The molecule has 1 N–H and O–H groups in total. The molecule has 1 aromatic carbocycles. The van der Waals surface area contributed by atoms with Gasteiger partial charge in [-0.1, -0.05) is 11.6 Å². The predicted molar refractivity (Wildman–Crippen MR) is 66.7 cm³/mol. The summed E-state index contributed by atoms with van der Waals surface area (Å²) in [5, 5.41) is 9.53. The average Bonchev–Trinajstić information content (AvgIpc) is 2.31. The Bertz CT molecular complexity index is 461. The molecule has 0 aromatic heterocycles. The Labute approximate surface area is 110 Å². The highest BCUT2D eigenvalue weighted by molar-refractivity contribution is 6.33. The molecule has 0 saturated carbocycles. The van der Waals surface area contributed by atoms with Crippen molar-refractivity contribution >= 4 is 23.5 Å². The van der Waals surface area contributed by atoms with E-state index in [2.05, 4.69) is 0 Å². The highest BCUT2D eigenvalue weighted by atomic mass is 35.5. The summed E-state index contributed by atoms with van der Waals surface area (Å²) in [6, 6.07) is 4.05. The topological polar surface area (TPSA) is 66.8 Å². The molecule has 1 rings (SSSR count). The molecular formula is C12H14ClNO4. The number of likely N-dealkylation sites (N-methyl/N-ethyl adjacent to an activating group) is 1. The summed E-state index contributed by atoms with van der Waals surface area (Å²) in [5.74, 6) is -1.01. The summed E-state index contributed by atoms with van der Waals surface area (Å²) in [6.45, 7) is 1.78. The first-order valence-electron chi connectivity index (χ1n) is 5.35. The minimum atomic E-state index is -0.496. The summed E-state index contributed by atoms with van der Waals surface area (Å²) in [5.41, 5.74) is 0.142. The fraction of sp³-hybridized carbons (Fsp3) is 0.333. The number of hydrogen-bond acceptors (Lipinski definition) is 4. The summed E-state index contributed by atoms with van der Waals surface area (Å²) < 4.78 is 4.74. The molecule has 0 aliphatic rings. The lowest BCUT2D eigenvalue weighted by Crippen LogP contribution is -2.33. The number of halogens is 1. The normalized spacial score (nSPS) is 9.94. The number of carbonyl (C=O) groups excluding carboxylic acids is 2. The molecule has 0 spiro atoms. The maximum absolute atomic E-state index is 12.0. The van der Waals surface area contributed by atoms with Crippen LogP contribution in [0.2, 0.25) is 5.02 Å². The Morgan fingerprint density at radius 2 is 2.11 bits per heavy atom. The zero-order chi connectivity index (χ0) is 13.7. The van der Waals surface area contributed by atoms with Crippen molar-refractivity contribution in [3.8, 4) is 5.75 Å². The van der Waals surface area contributed by atoms with Gasteiger partial charge in [0.05, 0.1) is 17.2 Å². The molecule has 6 heteroatoms. The van der Waals surface area contributed by atoms with E-state index in [4.69, 9.17) is 16.3 Å². The maximum atomic E-state index is 12.0. The average molecular weight is 272 g/mol. The first kappa shape index (κ1) is 14.3. The van der Waals surface area contributed by atoms with Gasteiger partial charge >= 0.3 is 5.97 Å². The number of phenolic OH excluding ortho intramolecular Hbond substituents is 1. The number of esters is 1. The smallest absolute Gasteiger partial charge is 0.325 e. The number of phenols is 1. The third kappa shape index (κ3) is 3.63. The Morgan fingerprint density at radius 3 is 2.72 bits per heavy atom. The molecular weight excluding hydrogens is 258 g/mol. The molecule has 0 heterocycles. The summed E-state index contributed by atoms with van der Waals surface area (Å²) in [4.78, 5) is 24.4. The monoisotopic (exact) mass is 271 g/mol. The minimum absolute atomic E-state index is 0.0627. The van der Waals surface area contributed by atoms with E-state index >= 15 is 0 Å². The van der Waals surface area contributed by atoms with Crippen LogP contribution in [0.4, 0.5) is 0 Å². The molecule has 98 valence electrons. The van der Waals surface area contributed by atoms with Crippen molar-refractivity contribution in [1.82, 2.24) is 4.90 Å². The van der Waals surface area contributed by atoms with Gasteiger partial charge in [0.15, 0.2) is 0 Å². The van der Waals surface area contributed by atoms with E-state index in [0.717, 1.165) is 0 Å². The number of hydrogen-bond donors (Lipinski definition) is 1. The molecule has 1 aromatic rings. The largest absolute Gasteiger partial charge is 0.508 e. The maximum Gasteiger partial charge on any atom is 0.325 e. The first-order chi connectivity index (χ1) is 8.45. The van der Waals surface area contributed by atoms with E-state index < -0.39 is 11.9 Å². The quantitative estimate of drug-likeness (QED) is 0.846. The van der Waals surface area contributed by atoms with Gasteiger partial charge in [-0.2, -0.15) is 0 Å². The van der Waals surface area contributed by atoms with Crippen LogP contribution in [0.25, 0.3) is 0 Å². The molecule has 0 aliphatic carbocycles. The van der Waals surface area contributed by atoms with Crippen molar-refractivity contribution in [3.05, 3.63) is 28.8 Å². The molecule has 0 aliphatic heterocycles. The Kier molecular flexibility index (Phi) is 4.97. The minimum Gasteiger partial charge on any atom is -0.508 e. The summed E-state index contributed by atoms with van der Waals surface area (Å²) in [6.07, 6.45) is 0. The zero-order valence-electron chi connectivity index (χ0n) is 10.1. The van der Waals surface area contributed by atoms with Crippen molar-refractivity contribution in [3.63, 3.8) is 0 Å². The van der Waals surface area contributed by atoms with E-state index in [1.807, 2.05) is 0 Å². The third-order valence-corrected chi connectivity index (χ3v) is 2.53. The van der Waals surface area contributed by atoms with E-state index in [-0.39, 0.29) is 29.5 Å². The van der Waals surface area contributed by atoms with Gasteiger partial charge in [-0.05, 0) is 25.1 Å². The highest BCUT2D eigenvalue weighted by Gasteiger charge is 2.18. The molecule has 18 heavy (non-hydrogen) atoms. The molecule has 0 fully saturated rings. The van der Waals surface area contributed by atoms with Gasteiger partial charge in [0.2, 0.25) is 0 Å². The number of carbonyl (C=O) groups is 2. The van der Waals surface area contributed by atoms with Gasteiger partial charge in [0.1, 0.15) is 12.3 Å². The van der Waals surface area contributed by atoms with Crippen molar-refractivity contribution in [2.24, 2.45) is 0 Å². The Morgan fingerprint density at radius 1 is 1.44 bits per heavy atom. The second kappa shape index (κ2) is 6.26. The SMILES string of the molecule is CCOC(=O)CN(C)C(=O)c1cc(O)ccc1Cl. The van der Waals surface area contributed by atoms with Crippen LogP contribution < -0.4 is 0 Å². The predicted octanol–water partition coefficient (Wildman–Crippen LogP) is 1.68. The van der Waals surface area contributed by atoms with Crippen LogP contribution in [0.15, 0.2) is 18.2 Å².